The van der Waals surface area contributed by atoms with Gasteiger partial charge in [-0.25, -0.2) is 4.98 Å². The smallest absolute Gasteiger partial charge is 0.257 e. The molecule has 1 aromatic heterocycles. The Morgan fingerprint density at radius 1 is 0.976 bits per heavy atom. The molecule has 2 amide bonds. The maximum absolute atomic E-state index is 13.4. The number of ether oxygens (including phenoxy) is 1. The van der Waals surface area contributed by atoms with Crippen LogP contribution in [0.4, 0.5) is 11.5 Å². The van der Waals surface area contributed by atoms with Crippen LogP contribution in [0, 0.1) is 6.92 Å². The SMILES string of the molecule is CCN1CCCC(Nc2ccc(C(=O)Nc3cc(C(=O)N4CCC(c5ccc(OC)cc5)CC4)ccc3C)cn2)C1. The molecule has 8 nitrogen and oxygen atoms in total. The number of nitrogens with one attached hydrogen (secondary N) is 2. The van der Waals surface area contributed by atoms with Gasteiger partial charge in [-0.3, -0.25) is 9.59 Å². The number of benzene rings is 2. The molecule has 3 aromatic rings. The van der Waals surface area contributed by atoms with Crippen LogP contribution in [0.25, 0.3) is 0 Å². The lowest BCUT2D eigenvalue weighted by Crippen LogP contribution is -2.41. The van der Waals surface area contributed by atoms with Crippen molar-refractivity contribution in [3.05, 3.63) is 83.0 Å². The zero-order valence-electron chi connectivity index (χ0n) is 24.4. The van der Waals surface area contributed by atoms with Crippen molar-refractivity contribution in [2.75, 3.05) is 50.5 Å². The van der Waals surface area contributed by atoms with E-state index in [1.54, 1.807) is 25.4 Å². The summed E-state index contributed by atoms with van der Waals surface area (Å²) in [5.41, 5.74) is 3.88. The third kappa shape index (κ3) is 7.06. The van der Waals surface area contributed by atoms with E-state index in [4.69, 9.17) is 4.74 Å². The van der Waals surface area contributed by atoms with Crippen molar-refractivity contribution >= 4 is 23.3 Å². The van der Waals surface area contributed by atoms with Crippen LogP contribution in [0.15, 0.2) is 60.8 Å². The number of hydrogen-bond acceptors (Lipinski definition) is 6. The predicted octanol–water partition coefficient (Wildman–Crippen LogP) is 5.57. The molecule has 2 fully saturated rings. The fraction of sp³-hybridized carbons (Fsp3) is 0.424. The first-order valence-corrected chi connectivity index (χ1v) is 14.7. The highest BCUT2D eigenvalue weighted by atomic mass is 16.5. The molecule has 3 heterocycles. The van der Waals surface area contributed by atoms with Gasteiger partial charge in [0.25, 0.3) is 11.8 Å². The van der Waals surface area contributed by atoms with Crippen LogP contribution in [0.3, 0.4) is 0 Å². The van der Waals surface area contributed by atoms with Gasteiger partial charge >= 0.3 is 0 Å². The molecule has 2 aromatic carbocycles. The molecule has 5 rings (SSSR count). The summed E-state index contributed by atoms with van der Waals surface area (Å²) < 4.78 is 5.27. The number of methoxy groups -OCH3 is 1. The Hall–Kier alpha value is -3.91. The van der Waals surface area contributed by atoms with Crippen LogP contribution in [0.2, 0.25) is 0 Å². The molecule has 2 N–H and O–H groups in total. The van der Waals surface area contributed by atoms with Crippen molar-refractivity contribution in [3.63, 3.8) is 0 Å². The van der Waals surface area contributed by atoms with Crippen LogP contribution < -0.4 is 15.4 Å². The van der Waals surface area contributed by atoms with E-state index in [1.807, 2.05) is 42.2 Å². The highest BCUT2D eigenvalue weighted by Gasteiger charge is 2.25. The molecule has 0 radical (unpaired) electrons. The number of rotatable bonds is 8. The summed E-state index contributed by atoms with van der Waals surface area (Å²) in [4.78, 5) is 35.3. The molecule has 1 unspecified atom stereocenters. The number of aromatic nitrogens is 1. The highest BCUT2D eigenvalue weighted by molar-refractivity contribution is 6.05. The molecule has 0 bridgehead atoms. The second-order valence-corrected chi connectivity index (χ2v) is 11.1. The Morgan fingerprint density at radius 3 is 2.41 bits per heavy atom. The lowest BCUT2D eigenvalue weighted by molar-refractivity contribution is 0.0712. The molecule has 2 aliphatic rings. The van der Waals surface area contributed by atoms with E-state index in [2.05, 4.69) is 39.6 Å². The van der Waals surface area contributed by atoms with Crippen molar-refractivity contribution in [2.45, 2.75) is 51.5 Å². The summed E-state index contributed by atoms with van der Waals surface area (Å²) in [5, 5.41) is 6.50. The summed E-state index contributed by atoms with van der Waals surface area (Å²) in [6.07, 6.45) is 5.74. The molecule has 216 valence electrons. The van der Waals surface area contributed by atoms with Crippen molar-refractivity contribution < 1.29 is 14.3 Å². The standard InChI is InChI=1S/C33H41N5O3/c1-4-37-17-5-6-28(22-37)35-31-14-11-27(21-34-31)32(39)36-30-20-26(8-7-23(30)2)33(40)38-18-15-25(16-19-38)24-9-12-29(41-3)13-10-24/h7-14,20-21,25,28H,4-6,15-19,22H2,1-3H3,(H,34,35)(H,36,39). The number of pyridine rings is 1. The van der Waals surface area contributed by atoms with Gasteiger partial charge in [0.15, 0.2) is 0 Å². The quantitative estimate of drug-likeness (QED) is 0.378. The molecule has 2 aliphatic heterocycles. The molecule has 0 spiro atoms. The molecular weight excluding hydrogens is 514 g/mol. The molecule has 8 heteroatoms. The van der Waals surface area contributed by atoms with Gasteiger partial charge in [0.05, 0.1) is 12.7 Å². The van der Waals surface area contributed by atoms with Crippen LogP contribution in [0.1, 0.15) is 70.4 Å². The second-order valence-electron chi connectivity index (χ2n) is 11.1. The van der Waals surface area contributed by atoms with E-state index >= 15 is 0 Å². The number of aryl methyl sites for hydroxylation is 1. The largest absolute Gasteiger partial charge is 0.497 e. The fourth-order valence-electron chi connectivity index (χ4n) is 5.84. The average molecular weight is 556 g/mol. The Morgan fingerprint density at radius 2 is 1.73 bits per heavy atom. The summed E-state index contributed by atoms with van der Waals surface area (Å²) in [6.45, 7) is 8.74. The number of hydrogen-bond donors (Lipinski definition) is 2. The Kier molecular flexibility index (Phi) is 9.19. The van der Waals surface area contributed by atoms with E-state index in [0.29, 0.717) is 41.9 Å². The van der Waals surface area contributed by atoms with Crippen molar-refractivity contribution in [3.8, 4) is 5.75 Å². The van der Waals surface area contributed by atoms with Crippen molar-refractivity contribution in [1.82, 2.24) is 14.8 Å². The summed E-state index contributed by atoms with van der Waals surface area (Å²) >= 11 is 0. The Balaban J connectivity index is 1.17. The van der Waals surface area contributed by atoms with E-state index in [9.17, 15) is 9.59 Å². The van der Waals surface area contributed by atoms with Gasteiger partial charge in [-0.15, -0.1) is 0 Å². The molecule has 0 saturated carbocycles. The average Bonchev–Trinajstić information content (AvgIpc) is 3.02. The van der Waals surface area contributed by atoms with E-state index in [-0.39, 0.29) is 11.8 Å². The number of likely N-dealkylation sites (N-methyl/N-ethyl adjacent to an activating group) is 1. The summed E-state index contributed by atoms with van der Waals surface area (Å²) in [7, 11) is 1.67. The van der Waals surface area contributed by atoms with Crippen LogP contribution in [-0.4, -0.2) is 72.5 Å². The first kappa shape index (κ1) is 28.6. The zero-order valence-corrected chi connectivity index (χ0v) is 24.4. The summed E-state index contributed by atoms with van der Waals surface area (Å²) in [5.74, 6) is 1.82. The van der Waals surface area contributed by atoms with Gasteiger partial charge in [-0.05, 0) is 99.1 Å². The van der Waals surface area contributed by atoms with Crippen LogP contribution >= 0.6 is 0 Å². The molecule has 0 aliphatic carbocycles. The van der Waals surface area contributed by atoms with E-state index in [1.165, 1.54) is 12.0 Å². The number of amides is 2. The van der Waals surface area contributed by atoms with Gasteiger partial charge in [0, 0.05) is 43.1 Å². The third-order valence-electron chi connectivity index (χ3n) is 8.43. The van der Waals surface area contributed by atoms with Gasteiger partial charge in [-0.2, -0.15) is 0 Å². The van der Waals surface area contributed by atoms with Gasteiger partial charge in [-0.1, -0.05) is 25.1 Å². The highest BCUT2D eigenvalue weighted by Crippen LogP contribution is 2.30. The first-order valence-electron chi connectivity index (χ1n) is 14.7. The number of nitrogens with zero attached hydrogens (tertiary/aromatic N) is 3. The molecule has 2 saturated heterocycles. The summed E-state index contributed by atoms with van der Waals surface area (Å²) in [6, 6.07) is 17.8. The van der Waals surface area contributed by atoms with Crippen LogP contribution in [-0.2, 0) is 0 Å². The zero-order chi connectivity index (χ0) is 28.8. The van der Waals surface area contributed by atoms with E-state index < -0.39 is 0 Å². The molecular formula is C33H41N5O3. The minimum Gasteiger partial charge on any atom is -0.497 e. The minimum absolute atomic E-state index is 0.00451. The number of anilines is 2. The third-order valence-corrected chi connectivity index (χ3v) is 8.43. The van der Waals surface area contributed by atoms with Crippen LogP contribution in [0.5, 0.6) is 5.75 Å². The normalized spacial score (nSPS) is 18.1. The maximum Gasteiger partial charge on any atom is 0.257 e. The topological polar surface area (TPSA) is 86.8 Å². The number of likely N-dealkylation sites (tertiary alicyclic amines) is 2. The lowest BCUT2D eigenvalue weighted by Gasteiger charge is -2.32. The minimum atomic E-state index is -0.244. The van der Waals surface area contributed by atoms with Gasteiger partial charge in [0.2, 0.25) is 0 Å². The van der Waals surface area contributed by atoms with Gasteiger partial charge in [0.1, 0.15) is 11.6 Å². The van der Waals surface area contributed by atoms with Crippen molar-refractivity contribution in [2.24, 2.45) is 0 Å². The second kappa shape index (κ2) is 13.2. The number of carbonyl (C=O) groups is 2. The number of piperidine rings is 2. The Bertz CT molecular complexity index is 1330. The van der Waals surface area contributed by atoms with Crippen molar-refractivity contribution in [1.29, 1.82) is 0 Å². The Labute approximate surface area is 243 Å². The molecule has 41 heavy (non-hydrogen) atoms. The van der Waals surface area contributed by atoms with E-state index in [0.717, 1.165) is 56.0 Å². The fourth-order valence-corrected chi connectivity index (χ4v) is 5.84. The molecule has 1 atom stereocenters. The lowest BCUT2D eigenvalue weighted by atomic mass is 9.89. The maximum atomic E-state index is 13.4. The monoisotopic (exact) mass is 555 g/mol. The van der Waals surface area contributed by atoms with Gasteiger partial charge < -0.3 is 25.2 Å². The first-order chi connectivity index (χ1) is 19.9. The predicted molar refractivity (Wildman–Crippen MR) is 163 cm³/mol. The number of carbonyl (C=O) groups excluding carboxylic acids is 2.